The van der Waals surface area contributed by atoms with Crippen molar-refractivity contribution in [3.8, 4) is 0 Å². The van der Waals surface area contributed by atoms with E-state index >= 15 is 0 Å². The average molecular weight is 442 g/mol. The predicted octanol–water partition coefficient (Wildman–Crippen LogP) is 5.52. The van der Waals surface area contributed by atoms with E-state index in [0.717, 1.165) is 25.2 Å². The minimum Gasteiger partial charge on any atom is -0.456 e. The van der Waals surface area contributed by atoms with Crippen molar-refractivity contribution in [1.29, 1.82) is 5.16 Å². The Balaban J connectivity index is 4.28. The molecule has 0 radical (unpaired) electrons. The van der Waals surface area contributed by atoms with Crippen LogP contribution in [0.15, 0.2) is 0 Å². The molecule has 0 unspecified atom stereocenters. The van der Waals surface area contributed by atoms with Crippen LogP contribution in [0.5, 0.6) is 0 Å². The molecule has 0 aliphatic rings. The SMILES string of the molecule is C[Si](C)(C)O[Si](C)(C)CCNP(C)(=N)NCC[Si](C)(C)O[Si](C)(C)C. The molecule has 0 saturated heterocycles. The van der Waals surface area contributed by atoms with Gasteiger partial charge in [0, 0.05) is 13.1 Å². The van der Waals surface area contributed by atoms with Gasteiger partial charge in [0.15, 0.2) is 33.3 Å². The van der Waals surface area contributed by atoms with Gasteiger partial charge in [-0.05, 0) is 84.2 Å². The zero-order valence-corrected chi connectivity index (χ0v) is 23.5. The molecule has 0 aromatic rings. The number of hydrogen-bond donors (Lipinski definition) is 3. The highest BCUT2D eigenvalue weighted by atomic mass is 31.2. The fraction of sp³-hybridized carbons (Fsp3) is 1.00. The van der Waals surface area contributed by atoms with E-state index in [2.05, 4.69) is 75.6 Å². The van der Waals surface area contributed by atoms with Gasteiger partial charge in [-0.2, -0.15) is 0 Å². The van der Waals surface area contributed by atoms with E-state index in [0.29, 0.717) is 0 Å². The van der Waals surface area contributed by atoms with E-state index in [1.807, 2.05) is 6.66 Å². The van der Waals surface area contributed by atoms with E-state index in [4.69, 9.17) is 13.4 Å². The van der Waals surface area contributed by atoms with Crippen molar-refractivity contribution in [2.75, 3.05) is 19.8 Å². The Labute approximate surface area is 161 Å². The highest BCUT2D eigenvalue weighted by Crippen LogP contribution is 2.32. The van der Waals surface area contributed by atoms with Crippen molar-refractivity contribution in [1.82, 2.24) is 10.2 Å². The molecular formula is C15H44N3O2PSi4. The van der Waals surface area contributed by atoms with E-state index in [1.165, 1.54) is 0 Å². The molecule has 5 nitrogen and oxygen atoms in total. The van der Waals surface area contributed by atoms with Crippen molar-refractivity contribution in [3.05, 3.63) is 0 Å². The van der Waals surface area contributed by atoms with Crippen LogP contribution < -0.4 is 10.2 Å². The van der Waals surface area contributed by atoms with Gasteiger partial charge in [0.1, 0.15) is 0 Å². The Morgan fingerprint density at radius 1 is 0.680 bits per heavy atom. The first-order valence-corrected chi connectivity index (χ1v) is 24.6. The van der Waals surface area contributed by atoms with Crippen molar-refractivity contribution in [3.63, 3.8) is 0 Å². The van der Waals surface area contributed by atoms with E-state index in [1.54, 1.807) is 0 Å². The van der Waals surface area contributed by atoms with Crippen LogP contribution in [0.25, 0.3) is 0 Å². The maximum atomic E-state index is 8.56. The molecule has 10 heteroatoms. The van der Waals surface area contributed by atoms with Gasteiger partial charge in [-0.25, -0.2) is 0 Å². The van der Waals surface area contributed by atoms with Crippen LogP contribution in [0.3, 0.4) is 0 Å². The molecule has 0 aliphatic heterocycles. The first-order valence-electron chi connectivity index (χ1n) is 9.35. The Morgan fingerprint density at radius 2 is 0.960 bits per heavy atom. The van der Waals surface area contributed by atoms with Gasteiger partial charge in [0.25, 0.3) is 0 Å². The molecule has 0 bridgehead atoms. The van der Waals surface area contributed by atoms with Crippen molar-refractivity contribution in [2.45, 2.75) is 77.6 Å². The largest absolute Gasteiger partial charge is 0.456 e. The van der Waals surface area contributed by atoms with Gasteiger partial charge in [-0.1, -0.05) is 0 Å². The van der Waals surface area contributed by atoms with Crippen LogP contribution in [0.4, 0.5) is 0 Å². The summed E-state index contributed by atoms with van der Waals surface area (Å²) in [5.74, 6) is 0. The first-order chi connectivity index (χ1) is 10.8. The summed E-state index contributed by atoms with van der Waals surface area (Å²) in [5.41, 5.74) is 0. The van der Waals surface area contributed by atoms with Gasteiger partial charge < -0.3 is 8.23 Å². The summed E-state index contributed by atoms with van der Waals surface area (Å²) in [6.07, 6.45) is 0. The standard InChI is InChI=1S/C15H44N3O2PSi4/c1-21(16,17-12-14-24(8,9)19-22(2,3)4)18-13-15-25(10,11)20-23(5,6)7/h12-15H2,1-11H3,(H3,16,17,18). The second-order valence-corrected chi connectivity index (χ2v) is 31.0. The van der Waals surface area contributed by atoms with Crippen LogP contribution in [-0.4, -0.2) is 53.0 Å². The monoisotopic (exact) mass is 441 g/mol. The molecule has 0 saturated carbocycles. The maximum absolute atomic E-state index is 8.56. The van der Waals surface area contributed by atoms with Crippen LogP contribution in [0, 0.1) is 5.16 Å². The molecule has 0 atom stereocenters. The number of nitrogens with one attached hydrogen (secondary N) is 3. The Morgan fingerprint density at radius 3 is 1.20 bits per heavy atom. The fourth-order valence-electron chi connectivity index (χ4n) is 2.98. The summed E-state index contributed by atoms with van der Waals surface area (Å²) in [5, 5.41) is 15.5. The highest BCUT2D eigenvalue weighted by Gasteiger charge is 2.30. The Hall–Kier alpha value is 0.938. The number of rotatable bonds is 12. The van der Waals surface area contributed by atoms with Gasteiger partial charge in [-0.15, -0.1) is 0 Å². The van der Waals surface area contributed by atoms with Crippen LogP contribution in [0.1, 0.15) is 0 Å². The van der Waals surface area contributed by atoms with Gasteiger partial charge >= 0.3 is 0 Å². The predicted molar refractivity (Wildman–Crippen MR) is 125 cm³/mol. The summed E-state index contributed by atoms with van der Waals surface area (Å²) < 4.78 is 12.7. The molecule has 0 aromatic heterocycles. The third kappa shape index (κ3) is 15.7. The summed E-state index contributed by atoms with van der Waals surface area (Å²) in [6, 6.07) is 2.12. The first kappa shape index (κ1) is 25.9. The smallest absolute Gasteiger partial charge is 0.174 e. The summed E-state index contributed by atoms with van der Waals surface area (Å²) in [4.78, 5) is 0. The third-order valence-electron chi connectivity index (χ3n) is 3.48. The second kappa shape index (κ2) is 9.42. The summed E-state index contributed by atoms with van der Waals surface area (Å²) >= 11 is 0. The van der Waals surface area contributed by atoms with Gasteiger partial charge in [-0.3, -0.25) is 15.3 Å². The molecule has 25 heavy (non-hydrogen) atoms. The molecule has 0 aromatic carbocycles. The molecule has 0 rings (SSSR count). The van der Waals surface area contributed by atoms with Gasteiger partial charge in [0.05, 0.1) is 7.36 Å². The maximum Gasteiger partial charge on any atom is 0.174 e. The lowest BCUT2D eigenvalue weighted by Gasteiger charge is -2.33. The Kier molecular flexibility index (Phi) is 9.78. The van der Waals surface area contributed by atoms with Crippen LogP contribution >= 0.6 is 7.36 Å². The molecular weight excluding hydrogens is 398 g/mol. The quantitative estimate of drug-likeness (QED) is 0.275. The van der Waals surface area contributed by atoms with Crippen LogP contribution in [0.2, 0.25) is 77.6 Å². The van der Waals surface area contributed by atoms with Crippen LogP contribution in [-0.2, 0) is 8.23 Å². The molecule has 0 spiro atoms. The molecule has 0 amide bonds. The minimum atomic E-state index is -2.01. The summed E-state index contributed by atoms with van der Waals surface area (Å²) in [6.45, 7) is 26.5. The zero-order valence-electron chi connectivity index (χ0n) is 18.6. The summed E-state index contributed by atoms with van der Waals surface area (Å²) in [7, 11) is -8.22. The normalized spacial score (nSPS) is 14.8. The van der Waals surface area contributed by atoms with E-state index < -0.39 is 40.6 Å². The van der Waals surface area contributed by atoms with Gasteiger partial charge in [0.2, 0.25) is 0 Å². The van der Waals surface area contributed by atoms with Crippen molar-refractivity contribution >= 4 is 40.6 Å². The number of hydrogen-bond acceptors (Lipinski definition) is 3. The molecule has 0 aliphatic carbocycles. The third-order valence-corrected chi connectivity index (χ3v) is 17.4. The van der Waals surface area contributed by atoms with E-state index in [9.17, 15) is 0 Å². The lowest BCUT2D eigenvalue weighted by Crippen LogP contribution is -2.44. The molecule has 3 N–H and O–H groups in total. The topological polar surface area (TPSA) is 66.4 Å². The Bertz CT molecular complexity index is 425. The fourth-order valence-corrected chi connectivity index (χ4v) is 20.2. The minimum absolute atomic E-state index is 0.872. The van der Waals surface area contributed by atoms with Crippen molar-refractivity contribution < 1.29 is 8.23 Å². The lowest BCUT2D eigenvalue weighted by molar-refractivity contribution is 0.546. The zero-order chi connectivity index (χ0) is 20.2. The van der Waals surface area contributed by atoms with E-state index in [-0.39, 0.29) is 0 Å². The highest BCUT2D eigenvalue weighted by molar-refractivity contribution is 7.60. The lowest BCUT2D eigenvalue weighted by atomic mass is 10.8. The molecule has 0 heterocycles. The average Bonchev–Trinajstić information content (AvgIpc) is 2.19. The van der Waals surface area contributed by atoms with Crippen molar-refractivity contribution in [2.24, 2.45) is 0 Å². The molecule has 0 fully saturated rings. The second-order valence-electron chi connectivity index (χ2n) is 10.3. The molecule has 152 valence electrons.